The van der Waals surface area contributed by atoms with Crippen LogP contribution in [0.3, 0.4) is 0 Å². The van der Waals surface area contributed by atoms with Crippen LogP contribution in [0.15, 0.2) is 42.1 Å². The lowest BCUT2D eigenvalue weighted by Gasteiger charge is -2.28. The van der Waals surface area contributed by atoms with E-state index in [4.69, 9.17) is 9.47 Å². The van der Waals surface area contributed by atoms with Crippen LogP contribution in [0.1, 0.15) is 44.0 Å². The number of hydrogen-bond donors (Lipinski definition) is 0. The molecule has 0 saturated carbocycles. The van der Waals surface area contributed by atoms with Crippen molar-refractivity contribution >= 4 is 17.8 Å². The topological polar surface area (TPSA) is 72.9 Å². The Labute approximate surface area is 147 Å². The van der Waals surface area contributed by atoms with Gasteiger partial charge >= 0.3 is 12.1 Å². The average molecular weight is 345 g/mol. The Morgan fingerprint density at radius 3 is 2.36 bits per heavy atom. The van der Waals surface area contributed by atoms with E-state index in [0.717, 1.165) is 0 Å². The highest BCUT2D eigenvalue weighted by Gasteiger charge is 2.40. The fourth-order valence-corrected chi connectivity index (χ4v) is 2.63. The maximum absolute atomic E-state index is 12.6. The number of benzene rings is 1. The van der Waals surface area contributed by atoms with Gasteiger partial charge in [0.25, 0.3) is 0 Å². The summed E-state index contributed by atoms with van der Waals surface area (Å²) >= 11 is 0. The summed E-state index contributed by atoms with van der Waals surface area (Å²) in [5.41, 5.74) is 0.258. The number of hydrogen-bond acceptors (Lipinski definition) is 5. The van der Waals surface area contributed by atoms with Gasteiger partial charge in [0, 0.05) is 17.3 Å². The smallest absolute Gasteiger partial charge is 0.415 e. The third kappa shape index (κ3) is 4.68. The van der Waals surface area contributed by atoms with Gasteiger partial charge in [-0.2, -0.15) is 0 Å². The second-order valence-corrected chi connectivity index (χ2v) is 6.79. The summed E-state index contributed by atoms with van der Waals surface area (Å²) in [6.07, 6.45) is 1.53. The Morgan fingerprint density at radius 2 is 1.80 bits per heavy atom. The van der Waals surface area contributed by atoms with Gasteiger partial charge in [0.15, 0.2) is 5.78 Å². The molecule has 6 heteroatoms. The standard InChI is InChI=1S/C19H23NO5/c1-19(2,3)25-18(23)20-14(10-11-15(20)17(22)24-4)12-16(21)13-8-6-5-7-9-13/h5-9,12,15H,10-11H2,1-4H3/b14-12+/t15-/m0/s1. The number of amides is 1. The van der Waals surface area contributed by atoms with E-state index in [1.54, 1.807) is 45.0 Å². The minimum Gasteiger partial charge on any atom is -0.467 e. The van der Waals surface area contributed by atoms with E-state index in [-0.39, 0.29) is 5.78 Å². The number of ketones is 1. The first-order chi connectivity index (χ1) is 11.7. The molecule has 1 aromatic carbocycles. The summed E-state index contributed by atoms with van der Waals surface area (Å²) in [6, 6.07) is 7.97. The van der Waals surface area contributed by atoms with Gasteiger partial charge in [-0.25, -0.2) is 9.59 Å². The summed E-state index contributed by atoms with van der Waals surface area (Å²) in [5, 5.41) is 0. The van der Waals surface area contributed by atoms with Gasteiger partial charge in [0.1, 0.15) is 11.6 Å². The minimum atomic E-state index is -0.783. The van der Waals surface area contributed by atoms with Crippen molar-refractivity contribution in [2.45, 2.75) is 45.3 Å². The van der Waals surface area contributed by atoms with E-state index in [1.165, 1.54) is 18.1 Å². The van der Waals surface area contributed by atoms with Gasteiger partial charge in [0.05, 0.1) is 7.11 Å². The van der Waals surface area contributed by atoms with Crippen LogP contribution in [0.5, 0.6) is 0 Å². The first-order valence-electron chi connectivity index (χ1n) is 8.13. The third-order valence-corrected chi connectivity index (χ3v) is 3.71. The Kier molecular flexibility index (Phi) is 5.62. The van der Waals surface area contributed by atoms with E-state index < -0.39 is 23.7 Å². The molecule has 1 heterocycles. The first kappa shape index (κ1) is 18.7. The highest BCUT2D eigenvalue weighted by molar-refractivity contribution is 6.05. The highest BCUT2D eigenvalue weighted by atomic mass is 16.6. The van der Waals surface area contributed by atoms with Gasteiger partial charge in [-0.05, 0) is 33.6 Å². The van der Waals surface area contributed by atoms with Gasteiger partial charge in [-0.15, -0.1) is 0 Å². The van der Waals surface area contributed by atoms with E-state index in [1.807, 2.05) is 6.07 Å². The number of methoxy groups -OCH3 is 1. The largest absolute Gasteiger partial charge is 0.467 e. The molecule has 1 atom stereocenters. The molecule has 2 rings (SSSR count). The molecule has 134 valence electrons. The van der Waals surface area contributed by atoms with Crippen LogP contribution in [0, 0.1) is 0 Å². The molecule has 1 fully saturated rings. The van der Waals surface area contributed by atoms with E-state index in [2.05, 4.69) is 0 Å². The van der Waals surface area contributed by atoms with Crippen molar-refractivity contribution in [3.63, 3.8) is 0 Å². The quantitative estimate of drug-likeness (QED) is 0.477. The molecule has 1 aliphatic heterocycles. The van der Waals surface area contributed by atoms with Crippen LogP contribution < -0.4 is 0 Å². The van der Waals surface area contributed by atoms with E-state index >= 15 is 0 Å². The van der Waals surface area contributed by atoms with E-state index in [9.17, 15) is 14.4 Å². The zero-order valence-corrected chi connectivity index (χ0v) is 14.9. The molecule has 6 nitrogen and oxygen atoms in total. The summed E-state index contributed by atoms with van der Waals surface area (Å²) in [4.78, 5) is 38.2. The molecule has 0 spiro atoms. The number of ether oxygens (including phenoxy) is 2. The van der Waals surface area contributed by atoms with Crippen molar-refractivity contribution in [3.8, 4) is 0 Å². The molecule has 0 bridgehead atoms. The lowest BCUT2D eigenvalue weighted by atomic mass is 10.1. The minimum absolute atomic E-state index is 0.227. The number of allylic oxidation sites excluding steroid dienone is 2. The molecule has 0 aromatic heterocycles. The van der Waals surface area contributed by atoms with Crippen LogP contribution in [0.25, 0.3) is 0 Å². The molecule has 1 saturated heterocycles. The van der Waals surface area contributed by atoms with Crippen LogP contribution in [-0.2, 0) is 14.3 Å². The normalized spacial score (nSPS) is 19.0. The zero-order valence-electron chi connectivity index (χ0n) is 14.9. The molecule has 25 heavy (non-hydrogen) atoms. The Bertz CT molecular complexity index is 688. The summed E-state index contributed by atoms with van der Waals surface area (Å²) in [6.45, 7) is 5.23. The molecular weight excluding hydrogens is 322 g/mol. The fourth-order valence-electron chi connectivity index (χ4n) is 2.63. The Morgan fingerprint density at radius 1 is 1.16 bits per heavy atom. The zero-order chi connectivity index (χ0) is 18.6. The lowest BCUT2D eigenvalue weighted by molar-refractivity contribution is -0.145. The number of rotatable bonds is 3. The summed E-state index contributed by atoms with van der Waals surface area (Å²) < 4.78 is 10.2. The molecule has 0 unspecified atom stereocenters. The fraction of sp³-hybridized carbons (Fsp3) is 0.421. The second-order valence-electron chi connectivity index (χ2n) is 6.79. The molecule has 1 aromatic rings. The van der Waals surface area contributed by atoms with Crippen molar-refractivity contribution in [1.29, 1.82) is 0 Å². The molecule has 1 amide bonds. The second kappa shape index (κ2) is 7.51. The predicted octanol–water partition coefficient (Wildman–Crippen LogP) is 3.33. The van der Waals surface area contributed by atoms with Crippen molar-refractivity contribution < 1.29 is 23.9 Å². The first-order valence-corrected chi connectivity index (χ1v) is 8.13. The average Bonchev–Trinajstić information content (AvgIpc) is 2.97. The van der Waals surface area contributed by atoms with Gasteiger partial charge in [-0.1, -0.05) is 30.3 Å². The molecule has 0 aliphatic carbocycles. The maximum Gasteiger partial charge on any atom is 0.415 e. The molecule has 1 aliphatic rings. The SMILES string of the molecule is COC(=O)[C@@H]1CC/C(=C\C(=O)c2ccccc2)N1C(=O)OC(C)(C)C. The van der Waals surface area contributed by atoms with Crippen LogP contribution in [0.4, 0.5) is 4.79 Å². The molecule has 0 N–H and O–H groups in total. The third-order valence-electron chi connectivity index (χ3n) is 3.71. The predicted molar refractivity (Wildman–Crippen MR) is 92.0 cm³/mol. The summed E-state index contributed by atoms with van der Waals surface area (Å²) in [7, 11) is 1.27. The van der Waals surface area contributed by atoms with E-state index in [0.29, 0.717) is 24.1 Å². The molecular formula is C19H23NO5. The monoisotopic (exact) mass is 345 g/mol. The number of carbonyl (C=O) groups excluding carboxylic acids is 3. The Balaban J connectivity index is 2.31. The molecule has 0 radical (unpaired) electrons. The van der Waals surface area contributed by atoms with Gasteiger partial charge in [-0.3, -0.25) is 9.69 Å². The summed E-state index contributed by atoms with van der Waals surface area (Å²) in [5.74, 6) is -0.754. The number of nitrogens with zero attached hydrogens (tertiary/aromatic N) is 1. The van der Waals surface area contributed by atoms with Crippen molar-refractivity contribution in [1.82, 2.24) is 4.90 Å². The van der Waals surface area contributed by atoms with Crippen LogP contribution in [0.2, 0.25) is 0 Å². The number of carbonyl (C=O) groups is 3. The van der Waals surface area contributed by atoms with Gasteiger partial charge < -0.3 is 9.47 Å². The van der Waals surface area contributed by atoms with Crippen LogP contribution >= 0.6 is 0 Å². The van der Waals surface area contributed by atoms with Crippen LogP contribution in [-0.4, -0.2) is 41.5 Å². The van der Waals surface area contributed by atoms with Crippen molar-refractivity contribution in [2.75, 3.05) is 7.11 Å². The Hall–Kier alpha value is -2.63. The number of likely N-dealkylation sites (tertiary alicyclic amines) is 1. The van der Waals surface area contributed by atoms with Gasteiger partial charge in [0.2, 0.25) is 0 Å². The highest BCUT2D eigenvalue weighted by Crippen LogP contribution is 2.30. The number of esters is 1. The lowest BCUT2D eigenvalue weighted by Crippen LogP contribution is -2.43. The maximum atomic E-state index is 12.6. The van der Waals surface area contributed by atoms with Crippen molar-refractivity contribution in [3.05, 3.63) is 47.7 Å². The van der Waals surface area contributed by atoms with Crippen molar-refractivity contribution in [2.24, 2.45) is 0 Å².